The molecule has 0 saturated carbocycles. The molecule has 2 heterocycles. The number of hydrogen-bond acceptors (Lipinski definition) is 4. The number of likely N-dealkylation sites (tertiary alicyclic amines) is 1. The van der Waals surface area contributed by atoms with E-state index in [-0.39, 0.29) is 29.8 Å². The molecule has 5 nitrogen and oxygen atoms in total. The first-order valence-electron chi connectivity index (χ1n) is 10.3. The molecule has 0 spiro atoms. The molecule has 6 heteroatoms. The quantitative estimate of drug-likeness (QED) is 0.692. The van der Waals surface area contributed by atoms with Gasteiger partial charge >= 0.3 is 0 Å². The summed E-state index contributed by atoms with van der Waals surface area (Å²) in [5, 5.41) is 4.86. The van der Waals surface area contributed by atoms with Gasteiger partial charge in [0.05, 0.1) is 11.7 Å². The van der Waals surface area contributed by atoms with Crippen LogP contribution in [0.5, 0.6) is 0 Å². The van der Waals surface area contributed by atoms with E-state index in [1.54, 1.807) is 18.5 Å². The van der Waals surface area contributed by atoms with Crippen molar-refractivity contribution in [1.29, 1.82) is 0 Å². The zero-order valence-corrected chi connectivity index (χ0v) is 17.3. The van der Waals surface area contributed by atoms with Gasteiger partial charge in [0.1, 0.15) is 5.82 Å². The third-order valence-electron chi connectivity index (χ3n) is 6.21. The number of carbonyl (C=O) groups excluding carboxylic acids is 1. The molecule has 4 rings (SSSR count). The topological polar surface area (TPSA) is 71.2 Å². The van der Waals surface area contributed by atoms with E-state index in [4.69, 9.17) is 5.73 Å². The fourth-order valence-corrected chi connectivity index (χ4v) is 4.50. The number of nitrogens with zero attached hydrogens (tertiary/aromatic N) is 2. The van der Waals surface area contributed by atoms with Crippen LogP contribution in [0.1, 0.15) is 40.4 Å². The molecule has 3 atom stereocenters. The minimum absolute atomic E-state index is 0.115. The number of fused-ring (bicyclic) bond motifs is 1. The highest BCUT2D eigenvalue weighted by Gasteiger charge is 2.34. The molecule has 3 N–H and O–H groups in total. The molecule has 0 bridgehead atoms. The van der Waals surface area contributed by atoms with Gasteiger partial charge in [0.15, 0.2) is 0 Å². The van der Waals surface area contributed by atoms with Crippen LogP contribution in [0.3, 0.4) is 0 Å². The van der Waals surface area contributed by atoms with Crippen molar-refractivity contribution in [3.05, 3.63) is 77.4 Å². The number of rotatable bonds is 4. The minimum Gasteiger partial charge on any atom is -0.352 e. The van der Waals surface area contributed by atoms with Crippen molar-refractivity contribution in [2.24, 2.45) is 11.7 Å². The van der Waals surface area contributed by atoms with Crippen molar-refractivity contribution in [3.8, 4) is 0 Å². The maximum atomic E-state index is 14.6. The Bertz CT molecular complexity index is 1040. The molecule has 1 amide bonds. The van der Waals surface area contributed by atoms with E-state index in [0.717, 1.165) is 29.2 Å². The smallest absolute Gasteiger partial charge is 0.253 e. The standard InChI is InChI=1S/C24H27FN4O/c1-15-6-5-9-20(25)23(15)21-10-16(11-22(26)29(21)2)12-28-24(30)19-14-27-13-17-7-3-4-8-18(17)19/h3-9,13-14,16,21-22H,10-12,26H2,1-2H3,(H,28,30). The fraction of sp³-hybridized carbons (Fsp3) is 0.333. The second-order valence-corrected chi connectivity index (χ2v) is 8.17. The van der Waals surface area contributed by atoms with Crippen LogP contribution < -0.4 is 11.1 Å². The van der Waals surface area contributed by atoms with Crippen LogP contribution in [0.4, 0.5) is 4.39 Å². The predicted molar refractivity (Wildman–Crippen MR) is 116 cm³/mol. The lowest BCUT2D eigenvalue weighted by atomic mass is 9.84. The fourth-order valence-electron chi connectivity index (χ4n) is 4.50. The summed E-state index contributed by atoms with van der Waals surface area (Å²) in [6, 6.07) is 12.7. The molecule has 1 fully saturated rings. The van der Waals surface area contributed by atoms with Gasteiger partial charge < -0.3 is 11.1 Å². The Morgan fingerprint density at radius 2 is 2.00 bits per heavy atom. The molecule has 156 valence electrons. The van der Waals surface area contributed by atoms with Crippen LogP contribution >= 0.6 is 0 Å². The number of aromatic nitrogens is 1. The van der Waals surface area contributed by atoms with Gasteiger partial charge in [-0.3, -0.25) is 14.7 Å². The number of carbonyl (C=O) groups is 1. The van der Waals surface area contributed by atoms with Gasteiger partial charge in [-0.25, -0.2) is 4.39 Å². The molecule has 3 unspecified atom stereocenters. The normalized spacial score (nSPS) is 22.2. The molecular weight excluding hydrogens is 379 g/mol. The lowest BCUT2D eigenvalue weighted by molar-refractivity contribution is 0.0735. The van der Waals surface area contributed by atoms with E-state index in [2.05, 4.69) is 10.3 Å². The Kier molecular flexibility index (Phi) is 5.79. The number of nitrogens with one attached hydrogen (secondary N) is 1. The highest BCUT2D eigenvalue weighted by atomic mass is 19.1. The van der Waals surface area contributed by atoms with E-state index in [9.17, 15) is 9.18 Å². The first-order chi connectivity index (χ1) is 14.5. The van der Waals surface area contributed by atoms with Crippen LogP contribution in [0.15, 0.2) is 54.9 Å². The van der Waals surface area contributed by atoms with Crippen molar-refractivity contribution in [3.63, 3.8) is 0 Å². The van der Waals surface area contributed by atoms with Gasteiger partial charge in [0.2, 0.25) is 0 Å². The third-order valence-corrected chi connectivity index (χ3v) is 6.21. The van der Waals surface area contributed by atoms with Gasteiger partial charge in [0, 0.05) is 35.9 Å². The van der Waals surface area contributed by atoms with Crippen molar-refractivity contribution in [2.45, 2.75) is 32.0 Å². The van der Waals surface area contributed by atoms with Crippen LogP contribution in [-0.4, -0.2) is 35.5 Å². The molecular formula is C24H27FN4O. The number of halogens is 1. The maximum absolute atomic E-state index is 14.6. The summed E-state index contributed by atoms with van der Waals surface area (Å²) in [6.07, 6.45) is 4.64. The molecule has 0 radical (unpaired) electrons. The van der Waals surface area contributed by atoms with Crippen LogP contribution in [0.25, 0.3) is 10.8 Å². The zero-order chi connectivity index (χ0) is 21.3. The van der Waals surface area contributed by atoms with Gasteiger partial charge in [-0.05, 0) is 49.7 Å². The molecule has 30 heavy (non-hydrogen) atoms. The monoisotopic (exact) mass is 406 g/mol. The molecule has 0 aliphatic carbocycles. The average molecular weight is 407 g/mol. The molecule has 3 aromatic rings. The summed E-state index contributed by atoms with van der Waals surface area (Å²) in [5.74, 6) is -0.192. The second kappa shape index (κ2) is 8.50. The Morgan fingerprint density at radius 3 is 2.80 bits per heavy atom. The summed E-state index contributed by atoms with van der Waals surface area (Å²) in [6.45, 7) is 2.42. The number of nitrogens with two attached hydrogens (primary N) is 1. The van der Waals surface area contributed by atoms with Gasteiger partial charge in [-0.2, -0.15) is 0 Å². The highest BCUT2D eigenvalue weighted by Crippen LogP contribution is 2.37. The third kappa shape index (κ3) is 3.93. The SMILES string of the molecule is Cc1cccc(F)c1C1CC(CNC(=O)c2cncc3ccccc23)CC(N)N1C. The second-order valence-electron chi connectivity index (χ2n) is 8.17. The van der Waals surface area contributed by atoms with Crippen LogP contribution in [0.2, 0.25) is 0 Å². The van der Waals surface area contributed by atoms with Crippen LogP contribution in [0, 0.1) is 18.7 Å². The number of piperidine rings is 1. The van der Waals surface area contributed by atoms with Crippen molar-refractivity contribution in [2.75, 3.05) is 13.6 Å². The maximum Gasteiger partial charge on any atom is 0.253 e. The minimum atomic E-state index is -0.203. The van der Waals surface area contributed by atoms with Crippen molar-refractivity contribution in [1.82, 2.24) is 15.2 Å². The number of amides is 1. The van der Waals surface area contributed by atoms with Crippen molar-refractivity contribution < 1.29 is 9.18 Å². The summed E-state index contributed by atoms with van der Waals surface area (Å²) in [7, 11) is 1.94. The van der Waals surface area contributed by atoms with E-state index < -0.39 is 0 Å². The first kappa shape index (κ1) is 20.4. The number of hydrogen-bond donors (Lipinski definition) is 2. The average Bonchev–Trinajstić information content (AvgIpc) is 2.74. The lowest BCUT2D eigenvalue weighted by Crippen LogP contribution is -2.49. The zero-order valence-electron chi connectivity index (χ0n) is 17.3. The highest BCUT2D eigenvalue weighted by molar-refractivity contribution is 6.06. The van der Waals surface area contributed by atoms with Crippen molar-refractivity contribution >= 4 is 16.7 Å². The summed E-state index contributed by atoms with van der Waals surface area (Å²) < 4.78 is 14.6. The van der Waals surface area contributed by atoms with Crippen LogP contribution in [-0.2, 0) is 0 Å². The number of aryl methyl sites for hydroxylation is 1. The van der Waals surface area contributed by atoms with Gasteiger partial charge in [0.25, 0.3) is 5.91 Å². The summed E-state index contributed by atoms with van der Waals surface area (Å²) in [5.41, 5.74) is 8.55. The van der Waals surface area contributed by atoms with E-state index in [0.29, 0.717) is 17.7 Å². The molecule has 1 aliphatic rings. The van der Waals surface area contributed by atoms with Gasteiger partial charge in [-0.1, -0.05) is 36.4 Å². The molecule has 2 aromatic carbocycles. The molecule has 1 aliphatic heterocycles. The summed E-state index contributed by atoms with van der Waals surface area (Å²) in [4.78, 5) is 19.1. The summed E-state index contributed by atoms with van der Waals surface area (Å²) >= 11 is 0. The Hall–Kier alpha value is -2.83. The molecule has 1 saturated heterocycles. The molecule has 1 aromatic heterocycles. The lowest BCUT2D eigenvalue weighted by Gasteiger charge is -2.42. The Balaban J connectivity index is 1.50. The van der Waals surface area contributed by atoms with Gasteiger partial charge in [-0.15, -0.1) is 0 Å². The van der Waals surface area contributed by atoms with E-state index >= 15 is 0 Å². The number of pyridine rings is 1. The predicted octanol–water partition coefficient (Wildman–Crippen LogP) is 3.78. The first-order valence-corrected chi connectivity index (χ1v) is 10.3. The van der Waals surface area contributed by atoms with E-state index in [1.165, 1.54) is 6.07 Å². The Morgan fingerprint density at radius 1 is 1.20 bits per heavy atom. The largest absolute Gasteiger partial charge is 0.352 e. The number of benzene rings is 2. The van der Waals surface area contributed by atoms with E-state index in [1.807, 2.05) is 49.2 Å². The Labute approximate surface area is 176 Å².